The number of rotatable bonds is 3. The molecule has 0 spiro atoms. The van der Waals surface area contributed by atoms with Crippen LogP contribution >= 0.6 is 11.3 Å². The number of para-hydroxylation sites is 1. The molecular formula is C20H19ClN4S. The Hall–Kier alpha value is -2.50. The third-order valence-corrected chi connectivity index (χ3v) is 5.66. The van der Waals surface area contributed by atoms with Crippen molar-refractivity contribution >= 4 is 33.1 Å². The molecule has 2 aromatic heterocycles. The smallest absolute Gasteiger partial charge is 0.408 e. The van der Waals surface area contributed by atoms with Gasteiger partial charge in [0.2, 0.25) is 0 Å². The van der Waals surface area contributed by atoms with Gasteiger partial charge in [0, 0.05) is 16.5 Å². The van der Waals surface area contributed by atoms with Gasteiger partial charge < -0.3 is 17.4 Å². The summed E-state index contributed by atoms with van der Waals surface area (Å²) in [5.41, 5.74) is 5.28. The van der Waals surface area contributed by atoms with Crippen LogP contribution in [0, 0.1) is 13.8 Å². The van der Waals surface area contributed by atoms with Crippen molar-refractivity contribution in [1.82, 2.24) is 4.98 Å². The van der Waals surface area contributed by atoms with Gasteiger partial charge in [-0.15, -0.1) is 0 Å². The highest BCUT2D eigenvalue weighted by Crippen LogP contribution is 2.38. The van der Waals surface area contributed by atoms with Crippen LogP contribution in [0.15, 0.2) is 64.8 Å². The van der Waals surface area contributed by atoms with Crippen LogP contribution in [0.1, 0.15) is 10.6 Å². The Balaban J connectivity index is 0.00000196. The Bertz CT molecular complexity index is 1080. The largest absolute Gasteiger partial charge is 1.00 e. The number of fused-ring (bicyclic) bond motifs is 1. The molecule has 0 aliphatic carbocycles. The van der Waals surface area contributed by atoms with E-state index in [1.165, 1.54) is 10.6 Å². The molecule has 2 aromatic carbocycles. The third-order valence-electron chi connectivity index (χ3n) is 4.52. The highest BCUT2D eigenvalue weighted by molar-refractivity contribution is 7.14. The van der Waals surface area contributed by atoms with E-state index >= 15 is 0 Å². The highest BCUT2D eigenvalue weighted by atomic mass is 35.5. The predicted octanol–water partition coefficient (Wildman–Crippen LogP) is 2.76. The van der Waals surface area contributed by atoms with E-state index in [0.29, 0.717) is 0 Å². The van der Waals surface area contributed by atoms with Gasteiger partial charge in [0.15, 0.2) is 0 Å². The van der Waals surface area contributed by atoms with Crippen molar-refractivity contribution in [2.45, 2.75) is 13.8 Å². The van der Waals surface area contributed by atoms with E-state index in [9.17, 15) is 0 Å². The number of nitrogens with zero attached hydrogens (tertiary/aromatic N) is 3. The van der Waals surface area contributed by atoms with Crippen LogP contribution in [0.25, 0.3) is 22.2 Å². The van der Waals surface area contributed by atoms with E-state index < -0.39 is 0 Å². The lowest BCUT2D eigenvalue weighted by Crippen LogP contribution is -3.00. The maximum absolute atomic E-state index is 4.64. The van der Waals surface area contributed by atoms with Crippen molar-refractivity contribution in [1.29, 1.82) is 0 Å². The SMILES string of the molecule is Cc1sc(/N=N/c2c(-c3ccccc3)[nH]c3ccccc23)[n+](C)c1C.[Cl-]. The number of aromatic amines is 1. The lowest BCUT2D eigenvalue weighted by molar-refractivity contribution is -0.660. The molecule has 132 valence electrons. The molecule has 0 bridgehead atoms. The van der Waals surface area contributed by atoms with Crippen LogP contribution in [0.5, 0.6) is 0 Å². The number of azo groups is 1. The summed E-state index contributed by atoms with van der Waals surface area (Å²) in [6.07, 6.45) is 0. The zero-order valence-corrected chi connectivity index (χ0v) is 16.4. The summed E-state index contributed by atoms with van der Waals surface area (Å²) in [7, 11) is 2.03. The van der Waals surface area contributed by atoms with Gasteiger partial charge >= 0.3 is 5.13 Å². The Morgan fingerprint density at radius 1 is 0.923 bits per heavy atom. The highest BCUT2D eigenvalue weighted by Gasteiger charge is 2.18. The second-order valence-electron chi connectivity index (χ2n) is 6.05. The molecule has 0 aliphatic heterocycles. The minimum Gasteiger partial charge on any atom is -1.00 e. The standard InChI is InChI=1S/C20H18N4S.ClH/c1-13-14(2)25-20(24(13)3)23-22-19-16-11-7-8-12-17(16)21-18(19)15-9-5-4-6-10-15;/h4-12H,1-3H3;1H. The Labute approximate surface area is 162 Å². The molecule has 0 unspecified atom stereocenters. The molecule has 0 atom stereocenters. The first-order valence-corrected chi connectivity index (χ1v) is 9.00. The minimum absolute atomic E-state index is 0. The summed E-state index contributed by atoms with van der Waals surface area (Å²) in [6, 6.07) is 18.5. The Morgan fingerprint density at radius 2 is 1.62 bits per heavy atom. The van der Waals surface area contributed by atoms with Gasteiger partial charge in [0.25, 0.3) is 0 Å². The van der Waals surface area contributed by atoms with E-state index in [-0.39, 0.29) is 12.4 Å². The zero-order chi connectivity index (χ0) is 17.4. The van der Waals surface area contributed by atoms with Gasteiger partial charge in [0.05, 0.1) is 22.7 Å². The van der Waals surface area contributed by atoms with Crippen molar-refractivity contribution in [2.24, 2.45) is 17.3 Å². The second kappa shape index (κ2) is 7.40. The molecule has 0 aliphatic rings. The molecule has 4 rings (SSSR count). The second-order valence-corrected chi connectivity index (χ2v) is 7.23. The number of aryl methyl sites for hydroxylation is 1. The summed E-state index contributed by atoms with van der Waals surface area (Å²) >= 11 is 1.66. The molecule has 4 nitrogen and oxygen atoms in total. The Kier molecular flexibility index (Phi) is 5.20. The van der Waals surface area contributed by atoms with Crippen molar-refractivity contribution in [3.05, 3.63) is 65.2 Å². The topological polar surface area (TPSA) is 44.4 Å². The summed E-state index contributed by atoms with van der Waals surface area (Å²) in [6.45, 7) is 4.21. The van der Waals surface area contributed by atoms with E-state index in [0.717, 1.165) is 33.0 Å². The van der Waals surface area contributed by atoms with Crippen molar-refractivity contribution in [2.75, 3.05) is 0 Å². The van der Waals surface area contributed by atoms with Gasteiger partial charge in [0.1, 0.15) is 11.4 Å². The molecule has 0 amide bonds. The molecule has 4 aromatic rings. The van der Waals surface area contributed by atoms with Gasteiger partial charge in [-0.3, -0.25) is 0 Å². The normalized spacial score (nSPS) is 11.2. The lowest BCUT2D eigenvalue weighted by Gasteiger charge is -1.97. The summed E-state index contributed by atoms with van der Waals surface area (Å²) in [5.74, 6) is 0. The quantitative estimate of drug-likeness (QED) is 0.418. The van der Waals surface area contributed by atoms with Gasteiger partial charge in [-0.25, -0.2) is 4.57 Å². The minimum atomic E-state index is 0. The number of H-pyrrole nitrogens is 1. The predicted molar refractivity (Wildman–Crippen MR) is 103 cm³/mol. The van der Waals surface area contributed by atoms with E-state index in [2.05, 4.69) is 57.9 Å². The van der Waals surface area contributed by atoms with Crippen LogP contribution < -0.4 is 17.0 Å². The van der Waals surface area contributed by atoms with Crippen molar-refractivity contribution in [3.8, 4) is 11.3 Å². The number of halogens is 1. The molecule has 26 heavy (non-hydrogen) atoms. The van der Waals surface area contributed by atoms with Gasteiger partial charge in [-0.1, -0.05) is 48.5 Å². The first kappa shape index (κ1) is 18.3. The molecule has 2 heterocycles. The maximum Gasteiger partial charge on any atom is 0.408 e. The van der Waals surface area contributed by atoms with E-state index in [1.807, 2.05) is 37.4 Å². The molecule has 0 radical (unpaired) electrons. The Morgan fingerprint density at radius 3 is 2.31 bits per heavy atom. The summed E-state index contributed by atoms with van der Waals surface area (Å²) < 4.78 is 2.08. The average Bonchev–Trinajstić information content (AvgIpc) is 3.13. The molecule has 1 N–H and O–H groups in total. The van der Waals surface area contributed by atoms with Gasteiger partial charge in [-0.2, -0.15) is 0 Å². The molecule has 6 heteroatoms. The average molecular weight is 383 g/mol. The number of hydrogen-bond acceptors (Lipinski definition) is 3. The number of benzene rings is 2. The van der Waals surface area contributed by atoms with Crippen LogP contribution in [0.4, 0.5) is 10.8 Å². The van der Waals surface area contributed by atoms with Crippen LogP contribution in [-0.2, 0) is 7.05 Å². The van der Waals surface area contributed by atoms with E-state index in [4.69, 9.17) is 0 Å². The molecule has 0 saturated carbocycles. The number of aromatic nitrogens is 2. The summed E-state index contributed by atoms with van der Waals surface area (Å²) in [5, 5.41) is 11.2. The first-order valence-electron chi connectivity index (χ1n) is 8.19. The summed E-state index contributed by atoms with van der Waals surface area (Å²) in [4.78, 5) is 4.75. The molecule has 0 fully saturated rings. The number of thiazole rings is 1. The number of hydrogen-bond donors (Lipinski definition) is 1. The van der Waals surface area contributed by atoms with Crippen LogP contribution in [-0.4, -0.2) is 4.98 Å². The molecule has 0 saturated heterocycles. The maximum atomic E-state index is 4.64. The fourth-order valence-corrected chi connectivity index (χ4v) is 3.80. The third kappa shape index (κ3) is 3.16. The first-order chi connectivity index (χ1) is 12.1. The van der Waals surface area contributed by atoms with E-state index in [1.54, 1.807) is 11.3 Å². The number of nitrogens with one attached hydrogen (secondary N) is 1. The van der Waals surface area contributed by atoms with Crippen LogP contribution in [0.2, 0.25) is 0 Å². The fourth-order valence-electron chi connectivity index (χ4n) is 2.88. The fraction of sp³-hybridized carbons (Fsp3) is 0.150. The van der Waals surface area contributed by atoms with Crippen LogP contribution in [0.3, 0.4) is 0 Å². The molecular weight excluding hydrogens is 364 g/mol. The van der Waals surface area contributed by atoms with Crippen molar-refractivity contribution < 1.29 is 17.0 Å². The zero-order valence-electron chi connectivity index (χ0n) is 14.8. The lowest BCUT2D eigenvalue weighted by atomic mass is 10.1. The van der Waals surface area contributed by atoms with Gasteiger partial charge in [-0.05, 0) is 36.4 Å². The monoisotopic (exact) mass is 382 g/mol. The van der Waals surface area contributed by atoms with Crippen molar-refractivity contribution in [3.63, 3.8) is 0 Å².